The molecule has 0 saturated heterocycles. The molecule has 0 unspecified atom stereocenters. The first kappa shape index (κ1) is 14.7. The number of halogens is 1. The van der Waals surface area contributed by atoms with Crippen LogP contribution in [0.2, 0.25) is 0 Å². The molecule has 20 heavy (non-hydrogen) atoms. The lowest BCUT2D eigenvalue weighted by atomic mass is 10.1. The fourth-order valence-corrected chi connectivity index (χ4v) is 2.13. The van der Waals surface area contributed by atoms with Gasteiger partial charge in [0.1, 0.15) is 18.0 Å². The normalized spacial score (nSPS) is 12.8. The molecule has 1 atom stereocenters. The highest BCUT2D eigenvalue weighted by Gasteiger charge is 2.12. The topological polar surface area (TPSA) is 34.0 Å². The van der Waals surface area contributed by atoms with Gasteiger partial charge in [-0.1, -0.05) is 12.1 Å². The molecule has 1 aromatic carbocycles. The van der Waals surface area contributed by atoms with E-state index < -0.39 is 0 Å². The summed E-state index contributed by atoms with van der Waals surface area (Å²) in [6.45, 7) is 2.94. The van der Waals surface area contributed by atoms with Gasteiger partial charge in [-0.2, -0.15) is 5.10 Å². The van der Waals surface area contributed by atoms with Gasteiger partial charge in [-0.05, 0) is 44.5 Å². The summed E-state index contributed by atoms with van der Waals surface area (Å²) in [5.41, 5.74) is 1.05. The molecular formula is C15H21FN4. The predicted octanol–water partition coefficient (Wildman–Crippen LogP) is 2.41. The molecule has 0 radical (unpaired) electrons. The zero-order valence-corrected chi connectivity index (χ0v) is 12.3. The first-order valence-corrected chi connectivity index (χ1v) is 6.84. The molecule has 2 aromatic rings. The molecule has 2 rings (SSSR count). The van der Waals surface area contributed by atoms with E-state index in [2.05, 4.69) is 29.0 Å². The van der Waals surface area contributed by atoms with E-state index in [1.54, 1.807) is 23.1 Å². The second-order valence-corrected chi connectivity index (χ2v) is 5.23. The number of benzene rings is 1. The van der Waals surface area contributed by atoms with E-state index >= 15 is 0 Å². The van der Waals surface area contributed by atoms with Crippen LogP contribution in [-0.2, 0) is 20.0 Å². The molecule has 108 valence electrons. The summed E-state index contributed by atoms with van der Waals surface area (Å²) in [6, 6.07) is 7.22. The summed E-state index contributed by atoms with van der Waals surface area (Å²) < 4.78 is 14.9. The molecule has 0 amide bonds. The molecule has 0 N–H and O–H groups in total. The average Bonchev–Trinajstić information content (AvgIpc) is 2.81. The van der Waals surface area contributed by atoms with Gasteiger partial charge >= 0.3 is 0 Å². The summed E-state index contributed by atoms with van der Waals surface area (Å²) in [7, 11) is 3.97. The molecule has 1 heterocycles. The van der Waals surface area contributed by atoms with E-state index in [-0.39, 0.29) is 5.82 Å². The molecule has 0 aliphatic heterocycles. The van der Waals surface area contributed by atoms with Crippen LogP contribution in [0.3, 0.4) is 0 Å². The second kappa shape index (κ2) is 6.61. The van der Waals surface area contributed by atoms with Crippen molar-refractivity contribution in [3.05, 3.63) is 47.8 Å². The Bertz CT molecular complexity index is 552. The van der Waals surface area contributed by atoms with Gasteiger partial charge in [0.2, 0.25) is 0 Å². The van der Waals surface area contributed by atoms with Crippen LogP contribution in [-0.4, -0.2) is 32.8 Å². The fraction of sp³-hybridized carbons (Fsp3) is 0.467. The van der Waals surface area contributed by atoms with Crippen molar-refractivity contribution in [2.24, 2.45) is 7.05 Å². The standard InChI is InChI=1S/C15H21FN4/c1-12(7-8-13-5-4-6-14(16)9-13)19(2)10-15-17-11-18-20(15)3/h4-6,9,11-12H,7-8,10H2,1-3H3/t12-/m1/s1. The summed E-state index contributed by atoms with van der Waals surface area (Å²) in [6.07, 6.45) is 3.43. The van der Waals surface area contributed by atoms with E-state index in [9.17, 15) is 4.39 Å². The number of hydrogen-bond acceptors (Lipinski definition) is 3. The lowest BCUT2D eigenvalue weighted by Gasteiger charge is -2.24. The van der Waals surface area contributed by atoms with Gasteiger partial charge in [0.15, 0.2) is 0 Å². The minimum atomic E-state index is -0.164. The minimum Gasteiger partial charge on any atom is -0.296 e. The zero-order chi connectivity index (χ0) is 14.5. The molecular weight excluding hydrogens is 255 g/mol. The van der Waals surface area contributed by atoms with Gasteiger partial charge in [-0.3, -0.25) is 9.58 Å². The van der Waals surface area contributed by atoms with Crippen LogP contribution in [0.25, 0.3) is 0 Å². The summed E-state index contributed by atoms with van der Waals surface area (Å²) in [4.78, 5) is 6.47. The number of aromatic nitrogens is 3. The Morgan fingerprint density at radius 2 is 2.20 bits per heavy atom. The summed E-state index contributed by atoms with van der Waals surface area (Å²) in [5.74, 6) is 0.785. The predicted molar refractivity (Wildman–Crippen MR) is 76.7 cm³/mol. The Hall–Kier alpha value is -1.75. The van der Waals surface area contributed by atoms with Gasteiger partial charge in [0, 0.05) is 13.1 Å². The molecule has 0 spiro atoms. The third kappa shape index (κ3) is 3.87. The lowest BCUT2D eigenvalue weighted by Crippen LogP contribution is -2.30. The number of aryl methyl sites for hydroxylation is 2. The number of rotatable bonds is 6. The number of hydrogen-bond donors (Lipinski definition) is 0. The lowest BCUT2D eigenvalue weighted by molar-refractivity contribution is 0.229. The third-order valence-electron chi connectivity index (χ3n) is 3.69. The van der Waals surface area contributed by atoms with Crippen molar-refractivity contribution in [3.63, 3.8) is 0 Å². The largest absolute Gasteiger partial charge is 0.296 e. The molecule has 0 bridgehead atoms. The third-order valence-corrected chi connectivity index (χ3v) is 3.69. The van der Waals surface area contributed by atoms with Crippen molar-refractivity contribution >= 4 is 0 Å². The number of nitrogens with zero attached hydrogens (tertiary/aromatic N) is 4. The van der Waals surface area contributed by atoms with E-state index in [1.807, 2.05) is 13.1 Å². The van der Waals surface area contributed by atoms with Gasteiger partial charge < -0.3 is 0 Å². The van der Waals surface area contributed by atoms with Crippen LogP contribution in [0.4, 0.5) is 4.39 Å². The Labute approximate surface area is 119 Å². The SMILES string of the molecule is C[C@H](CCc1cccc(F)c1)N(C)Cc1ncnn1C. The highest BCUT2D eigenvalue weighted by molar-refractivity contribution is 5.16. The van der Waals surface area contributed by atoms with Gasteiger partial charge in [0.05, 0.1) is 6.54 Å². The maximum Gasteiger partial charge on any atom is 0.140 e. The first-order chi connectivity index (χ1) is 9.56. The molecule has 5 heteroatoms. The minimum absolute atomic E-state index is 0.164. The Balaban J connectivity index is 1.85. The van der Waals surface area contributed by atoms with Crippen molar-refractivity contribution in [1.29, 1.82) is 0 Å². The Kier molecular flexibility index (Phi) is 4.84. The maximum atomic E-state index is 13.1. The van der Waals surface area contributed by atoms with Crippen LogP contribution in [0.15, 0.2) is 30.6 Å². The highest BCUT2D eigenvalue weighted by atomic mass is 19.1. The Morgan fingerprint density at radius 3 is 2.85 bits per heavy atom. The summed E-state index contributed by atoms with van der Waals surface area (Å²) >= 11 is 0. The van der Waals surface area contributed by atoms with E-state index in [1.165, 1.54) is 6.07 Å². The zero-order valence-electron chi connectivity index (χ0n) is 12.3. The van der Waals surface area contributed by atoms with Crippen molar-refractivity contribution in [3.8, 4) is 0 Å². The summed E-state index contributed by atoms with van der Waals surface area (Å²) in [5, 5.41) is 4.07. The van der Waals surface area contributed by atoms with Crippen LogP contribution in [0, 0.1) is 5.82 Å². The van der Waals surface area contributed by atoms with E-state index in [0.717, 1.165) is 30.8 Å². The molecule has 0 saturated carbocycles. The van der Waals surface area contributed by atoms with Crippen molar-refractivity contribution in [2.75, 3.05) is 7.05 Å². The van der Waals surface area contributed by atoms with Gasteiger partial charge in [-0.15, -0.1) is 0 Å². The van der Waals surface area contributed by atoms with Crippen molar-refractivity contribution in [2.45, 2.75) is 32.4 Å². The maximum absolute atomic E-state index is 13.1. The average molecular weight is 276 g/mol. The van der Waals surface area contributed by atoms with Gasteiger partial charge in [0.25, 0.3) is 0 Å². The highest BCUT2D eigenvalue weighted by Crippen LogP contribution is 2.11. The Morgan fingerprint density at radius 1 is 1.40 bits per heavy atom. The van der Waals surface area contributed by atoms with Crippen LogP contribution < -0.4 is 0 Å². The molecule has 0 aliphatic rings. The van der Waals surface area contributed by atoms with Crippen molar-refractivity contribution < 1.29 is 4.39 Å². The molecule has 0 fully saturated rings. The quantitative estimate of drug-likeness (QED) is 0.812. The molecule has 4 nitrogen and oxygen atoms in total. The smallest absolute Gasteiger partial charge is 0.140 e. The monoisotopic (exact) mass is 276 g/mol. The van der Waals surface area contributed by atoms with Crippen molar-refractivity contribution in [1.82, 2.24) is 19.7 Å². The van der Waals surface area contributed by atoms with Crippen LogP contribution in [0.1, 0.15) is 24.7 Å². The fourth-order valence-electron chi connectivity index (χ4n) is 2.13. The van der Waals surface area contributed by atoms with Gasteiger partial charge in [-0.25, -0.2) is 9.37 Å². The first-order valence-electron chi connectivity index (χ1n) is 6.84. The molecule has 0 aliphatic carbocycles. The van der Waals surface area contributed by atoms with Crippen LogP contribution in [0.5, 0.6) is 0 Å². The van der Waals surface area contributed by atoms with Crippen LogP contribution >= 0.6 is 0 Å². The molecule has 1 aromatic heterocycles. The second-order valence-electron chi connectivity index (χ2n) is 5.23. The van der Waals surface area contributed by atoms with E-state index in [0.29, 0.717) is 6.04 Å². The van der Waals surface area contributed by atoms with E-state index in [4.69, 9.17) is 0 Å².